The lowest BCUT2D eigenvalue weighted by atomic mass is 10.1. The molecule has 0 aliphatic rings. The van der Waals surface area contributed by atoms with Crippen LogP contribution in [-0.4, -0.2) is 23.5 Å². The van der Waals surface area contributed by atoms with Gasteiger partial charge in [-0.15, -0.1) is 0 Å². The van der Waals surface area contributed by atoms with Crippen molar-refractivity contribution < 1.29 is 14.7 Å². The number of nitrogens with one attached hydrogen (secondary N) is 1. The van der Waals surface area contributed by atoms with E-state index >= 15 is 0 Å². The average molecular weight is 304 g/mol. The van der Waals surface area contributed by atoms with Gasteiger partial charge in [0.15, 0.2) is 0 Å². The largest absolute Gasteiger partial charge is 0.481 e. The van der Waals surface area contributed by atoms with Crippen LogP contribution in [0.3, 0.4) is 0 Å². The van der Waals surface area contributed by atoms with Crippen LogP contribution < -0.4 is 5.32 Å². The summed E-state index contributed by atoms with van der Waals surface area (Å²) in [6.07, 6.45) is 0.598. The van der Waals surface area contributed by atoms with Crippen LogP contribution in [-0.2, 0) is 16.0 Å². The van der Waals surface area contributed by atoms with E-state index in [1.54, 1.807) is 25.1 Å². The first-order valence-corrected chi connectivity index (χ1v) is 6.59. The summed E-state index contributed by atoms with van der Waals surface area (Å²) >= 11 is 11.6. The molecule has 1 aromatic carbocycles. The second-order valence-corrected chi connectivity index (χ2v) is 5.12. The van der Waals surface area contributed by atoms with Crippen LogP contribution >= 0.6 is 23.2 Å². The number of aliphatic carboxylic acids is 1. The molecule has 1 amide bonds. The molecule has 0 radical (unpaired) electrons. The predicted molar refractivity (Wildman–Crippen MR) is 74.6 cm³/mol. The number of rotatable bonds is 6. The van der Waals surface area contributed by atoms with Gasteiger partial charge in [0.2, 0.25) is 5.91 Å². The van der Waals surface area contributed by atoms with E-state index < -0.39 is 11.9 Å². The maximum Gasteiger partial charge on any atom is 0.306 e. The number of carboxylic acid groups (broad SMARTS) is 1. The number of benzene rings is 1. The summed E-state index contributed by atoms with van der Waals surface area (Å²) in [5.74, 6) is -1.50. The van der Waals surface area contributed by atoms with E-state index in [9.17, 15) is 9.59 Å². The van der Waals surface area contributed by atoms with Gasteiger partial charge in [-0.3, -0.25) is 9.59 Å². The van der Waals surface area contributed by atoms with Gasteiger partial charge in [0.1, 0.15) is 0 Å². The monoisotopic (exact) mass is 303 g/mol. The van der Waals surface area contributed by atoms with Gasteiger partial charge in [-0.25, -0.2) is 0 Å². The Balaban J connectivity index is 2.39. The molecule has 0 aliphatic heterocycles. The van der Waals surface area contributed by atoms with Crippen LogP contribution in [0.25, 0.3) is 0 Å². The minimum absolute atomic E-state index is 0.170. The summed E-state index contributed by atoms with van der Waals surface area (Å²) in [7, 11) is 0. The summed E-state index contributed by atoms with van der Waals surface area (Å²) in [4.78, 5) is 22.2. The third-order valence-corrected chi connectivity index (χ3v) is 3.41. The number of hydrogen-bond acceptors (Lipinski definition) is 2. The van der Waals surface area contributed by atoms with Gasteiger partial charge < -0.3 is 10.4 Å². The molecule has 0 heterocycles. The van der Waals surface area contributed by atoms with Crippen molar-refractivity contribution in [3.8, 4) is 0 Å². The molecule has 1 rings (SSSR count). The quantitative estimate of drug-likeness (QED) is 0.849. The van der Waals surface area contributed by atoms with Crippen molar-refractivity contribution in [3.63, 3.8) is 0 Å². The highest BCUT2D eigenvalue weighted by molar-refractivity contribution is 6.42. The summed E-state index contributed by atoms with van der Waals surface area (Å²) < 4.78 is 0. The van der Waals surface area contributed by atoms with Crippen LogP contribution in [0.4, 0.5) is 0 Å². The summed E-state index contributed by atoms with van der Waals surface area (Å²) in [5.41, 5.74) is 0.762. The number of carbonyl (C=O) groups is 2. The maximum atomic E-state index is 11.6. The first-order valence-electron chi connectivity index (χ1n) is 5.83. The fraction of sp³-hybridized carbons (Fsp3) is 0.385. The molecule has 1 unspecified atom stereocenters. The van der Waals surface area contributed by atoms with E-state index in [2.05, 4.69) is 5.32 Å². The molecule has 1 aromatic rings. The number of carboxylic acids is 1. The lowest BCUT2D eigenvalue weighted by Gasteiger charge is -2.08. The van der Waals surface area contributed by atoms with Gasteiger partial charge in [-0.2, -0.15) is 0 Å². The fourth-order valence-electron chi connectivity index (χ4n) is 1.45. The van der Waals surface area contributed by atoms with Gasteiger partial charge in [0.25, 0.3) is 0 Å². The molecule has 19 heavy (non-hydrogen) atoms. The lowest BCUT2D eigenvalue weighted by molar-refractivity contribution is -0.141. The predicted octanol–water partition coefficient (Wildman–Crippen LogP) is 2.76. The average Bonchev–Trinajstić information content (AvgIpc) is 2.33. The second kappa shape index (κ2) is 7.36. The van der Waals surface area contributed by atoms with Gasteiger partial charge in [0, 0.05) is 6.54 Å². The van der Waals surface area contributed by atoms with E-state index in [-0.39, 0.29) is 12.3 Å². The minimum Gasteiger partial charge on any atom is -0.481 e. The number of hydrogen-bond donors (Lipinski definition) is 2. The highest BCUT2D eigenvalue weighted by Gasteiger charge is 2.11. The molecule has 0 bridgehead atoms. The SMILES string of the molecule is CC(CCNC(=O)Cc1ccc(Cl)c(Cl)c1)C(=O)O. The van der Waals surface area contributed by atoms with E-state index in [0.29, 0.717) is 23.0 Å². The van der Waals surface area contributed by atoms with E-state index in [4.69, 9.17) is 28.3 Å². The minimum atomic E-state index is -0.862. The molecule has 0 aliphatic carbocycles. The first kappa shape index (κ1) is 15.8. The maximum absolute atomic E-state index is 11.6. The van der Waals surface area contributed by atoms with Crippen LogP contribution in [0.15, 0.2) is 18.2 Å². The van der Waals surface area contributed by atoms with E-state index in [1.165, 1.54) is 0 Å². The van der Waals surface area contributed by atoms with Crippen molar-refractivity contribution in [2.24, 2.45) is 5.92 Å². The molecule has 0 fully saturated rings. The molecule has 1 atom stereocenters. The lowest BCUT2D eigenvalue weighted by Crippen LogP contribution is -2.28. The van der Waals surface area contributed by atoms with Gasteiger partial charge >= 0.3 is 5.97 Å². The Hall–Kier alpha value is -1.26. The van der Waals surface area contributed by atoms with Crippen molar-refractivity contribution in [3.05, 3.63) is 33.8 Å². The number of carbonyl (C=O) groups excluding carboxylic acids is 1. The van der Waals surface area contributed by atoms with Crippen molar-refractivity contribution in [2.75, 3.05) is 6.54 Å². The molecule has 0 saturated heterocycles. The smallest absolute Gasteiger partial charge is 0.306 e. The van der Waals surface area contributed by atoms with Crippen LogP contribution in [0, 0.1) is 5.92 Å². The van der Waals surface area contributed by atoms with Gasteiger partial charge in [0.05, 0.1) is 22.4 Å². The van der Waals surface area contributed by atoms with Crippen molar-refractivity contribution >= 4 is 35.1 Å². The first-order chi connectivity index (χ1) is 8.90. The zero-order valence-electron chi connectivity index (χ0n) is 10.5. The van der Waals surface area contributed by atoms with E-state index in [0.717, 1.165) is 5.56 Å². The second-order valence-electron chi connectivity index (χ2n) is 4.30. The molecule has 104 valence electrons. The normalized spacial score (nSPS) is 11.9. The zero-order valence-corrected chi connectivity index (χ0v) is 12.0. The van der Waals surface area contributed by atoms with Crippen LogP contribution in [0.2, 0.25) is 10.0 Å². The Bertz CT molecular complexity index is 477. The van der Waals surface area contributed by atoms with Crippen molar-refractivity contribution in [1.29, 1.82) is 0 Å². The third kappa shape index (κ3) is 5.49. The van der Waals surface area contributed by atoms with Crippen molar-refractivity contribution in [1.82, 2.24) is 5.32 Å². The Morgan fingerprint density at radius 2 is 2.00 bits per heavy atom. The molecular weight excluding hydrogens is 289 g/mol. The molecule has 6 heteroatoms. The Kier molecular flexibility index (Phi) is 6.12. The summed E-state index contributed by atoms with van der Waals surface area (Å²) in [6.45, 7) is 1.95. The molecule has 4 nitrogen and oxygen atoms in total. The Labute approximate surface area is 121 Å². The molecular formula is C13H15Cl2NO3. The molecule has 0 spiro atoms. The van der Waals surface area contributed by atoms with Gasteiger partial charge in [-0.05, 0) is 24.1 Å². The fourth-order valence-corrected chi connectivity index (χ4v) is 1.77. The van der Waals surface area contributed by atoms with Crippen molar-refractivity contribution in [2.45, 2.75) is 19.8 Å². The van der Waals surface area contributed by atoms with E-state index in [1.807, 2.05) is 0 Å². The highest BCUT2D eigenvalue weighted by Crippen LogP contribution is 2.22. The molecule has 0 aromatic heterocycles. The summed E-state index contributed by atoms with van der Waals surface area (Å²) in [6, 6.07) is 5.01. The van der Waals surface area contributed by atoms with Crippen LogP contribution in [0.1, 0.15) is 18.9 Å². The summed E-state index contributed by atoms with van der Waals surface area (Å²) in [5, 5.41) is 12.2. The topological polar surface area (TPSA) is 66.4 Å². The highest BCUT2D eigenvalue weighted by atomic mass is 35.5. The third-order valence-electron chi connectivity index (χ3n) is 2.67. The zero-order chi connectivity index (χ0) is 14.4. The van der Waals surface area contributed by atoms with Crippen LogP contribution in [0.5, 0.6) is 0 Å². The number of halogens is 2. The Morgan fingerprint density at radius 3 is 2.58 bits per heavy atom. The number of amides is 1. The standard InChI is InChI=1S/C13H15Cl2NO3/c1-8(13(18)19)4-5-16-12(17)7-9-2-3-10(14)11(15)6-9/h2-3,6,8H,4-5,7H2,1H3,(H,16,17)(H,18,19). The molecule has 2 N–H and O–H groups in total. The molecule has 0 saturated carbocycles. The Morgan fingerprint density at radius 1 is 1.32 bits per heavy atom. The van der Waals surface area contributed by atoms with Gasteiger partial charge in [-0.1, -0.05) is 36.2 Å².